The number of aryl methyl sites for hydroxylation is 2. The maximum Gasteiger partial charge on any atom is 0.164 e. The van der Waals surface area contributed by atoms with Crippen LogP contribution < -0.4 is 4.74 Å². The minimum atomic E-state index is 0.0907. The Morgan fingerprint density at radius 1 is 1.26 bits per heavy atom. The number of aromatic nitrogens is 1. The van der Waals surface area contributed by atoms with Gasteiger partial charge in [-0.3, -0.25) is 9.78 Å². The van der Waals surface area contributed by atoms with E-state index in [0.717, 1.165) is 6.42 Å². The number of pyridine rings is 1. The van der Waals surface area contributed by atoms with E-state index in [0.29, 0.717) is 17.7 Å². The quantitative estimate of drug-likeness (QED) is 0.770. The standard InChI is InChI=1S/C16H17NO2/c1-12-4-3-5-13(8-12)6-7-16(18)14-9-15(19-2)11-17-10-14/h3-5,8-11H,6-7H2,1-2H3. The smallest absolute Gasteiger partial charge is 0.164 e. The van der Waals surface area contributed by atoms with Crippen LogP contribution in [0.2, 0.25) is 0 Å². The van der Waals surface area contributed by atoms with Crippen molar-refractivity contribution in [3.8, 4) is 5.75 Å². The minimum absolute atomic E-state index is 0.0907. The van der Waals surface area contributed by atoms with Crippen LogP contribution in [-0.2, 0) is 6.42 Å². The molecule has 0 fully saturated rings. The molecule has 2 rings (SSSR count). The number of ether oxygens (including phenoxy) is 1. The van der Waals surface area contributed by atoms with Crippen LogP contribution in [0.25, 0.3) is 0 Å². The van der Waals surface area contributed by atoms with E-state index in [-0.39, 0.29) is 5.78 Å². The van der Waals surface area contributed by atoms with Crippen LogP contribution in [0.4, 0.5) is 0 Å². The highest BCUT2D eigenvalue weighted by Gasteiger charge is 2.08. The van der Waals surface area contributed by atoms with Crippen LogP contribution in [0.1, 0.15) is 27.9 Å². The molecule has 3 heteroatoms. The molecule has 0 spiro atoms. The van der Waals surface area contributed by atoms with Gasteiger partial charge in [-0.15, -0.1) is 0 Å². The van der Waals surface area contributed by atoms with Gasteiger partial charge in [-0.1, -0.05) is 29.8 Å². The Bertz CT molecular complexity index is 578. The minimum Gasteiger partial charge on any atom is -0.495 e. The van der Waals surface area contributed by atoms with Gasteiger partial charge in [0, 0.05) is 18.2 Å². The van der Waals surface area contributed by atoms with E-state index in [2.05, 4.69) is 24.0 Å². The second-order valence-corrected chi connectivity index (χ2v) is 4.53. The average Bonchev–Trinajstić information content (AvgIpc) is 2.45. The maximum atomic E-state index is 12.1. The molecule has 1 heterocycles. The highest BCUT2D eigenvalue weighted by atomic mass is 16.5. The van der Waals surface area contributed by atoms with E-state index in [1.54, 1.807) is 25.6 Å². The summed E-state index contributed by atoms with van der Waals surface area (Å²) in [5.74, 6) is 0.703. The van der Waals surface area contributed by atoms with Crippen molar-refractivity contribution in [3.05, 3.63) is 59.4 Å². The largest absolute Gasteiger partial charge is 0.495 e. The second kappa shape index (κ2) is 6.14. The number of Topliss-reactive ketones (excluding diaryl/α,β-unsaturated/α-hetero) is 1. The predicted molar refractivity (Wildman–Crippen MR) is 74.6 cm³/mol. The van der Waals surface area contributed by atoms with E-state index in [1.807, 2.05) is 12.1 Å². The third-order valence-electron chi connectivity index (χ3n) is 2.99. The number of nitrogens with zero attached hydrogens (tertiary/aromatic N) is 1. The number of carbonyl (C=O) groups is 1. The van der Waals surface area contributed by atoms with E-state index in [9.17, 15) is 4.79 Å². The van der Waals surface area contributed by atoms with E-state index in [1.165, 1.54) is 11.1 Å². The van der Waals surface area contributed by atoms with Crippen molar-refractivity contribution < 1.29 is 9.53 Å². The summed E-state index contributed by atoms with van der Waals surface area (Å²) in [5.41, 5.74) is 3.00. The second-order valence-electron chi connectivity index (χ2n) is 4.53. The van der Waals surface area contributed by atoms with Crippen LogP contribution in [0.15, 0.2) is 42.7 Å². The van der Waals surface area contributed by atoms with Crippen molar-refractivity contribution in [1.82, 2.24) is 4.98 Å². The SMILES string of the molecule is COc1cncc(C(=O)CCc2cccc(C)c2)c1. The Balaban J connectivity index is 2.01. The Morgan fingerprint density at radius 2 is 2.11 bits per heavy atom. The number of ketones is 1. The molecule has 3 nitrogen and oxygen atoms in total. The number of carbonyl (C=O) groups excluding carboxylic acids is 1. The molecule has 0 aliphatic rings. The molecule has 0 aliphatic carbocycles. The molecule has 0 unspecified atom stereocenters. The molecule has 0 N–H and O–H groups in total. The summed E-state index contributed by atoms with van der Waals surface area (Å²) in [6.45, 7) is 2.05. The molecule has 19 heavy (non-hydrogen) atoms. The predicted octanol–water partition coefficient (Wildman–Crippen LogP) is 3.21. The van der Waals surface area contributed by atoms with Gasteiger partial charge in [0.05, 0.1) is 13.3 Å². The molecule has 1 aromatic carbocycles. The van der Waals surface area contributed by atoms with Gasteiger partial charge >= 0.3 is 0 Å². The highest BCUT2D eigenvalue weighted by molar-refractivity contribution is 5.96. The summed E-state index contributed by atoms with van der Waals surface area (Å²) in [5, 5.41) is 0. The molecule has 0 radical (unpaired) electrons. The fraction of sp³-hybridized carbons (Fsp3) is 0.250. The Hall–Kier alpha value is -2.16. The van der Waals surface area contributed by atoms with E-state index >= 15 is 0 Å². The van der Waals surface area contributed by atoms with Gasteiger partial charge in [0.1, 0.15) is 5.75 Å². The third-order valence-corrected chi connectivity index (χ3v) is 2.99. The molecular formula is C16H17NO2. The number of methoxy groups -OCH3 is 1. The van der Waals surface area contributed by atoms with Gasteiger partial charge < -0.3 is 4.74 Å². The summed E-state index contributed by atoms with van der Waals surface area (Å²) < 4.78 is 5.07. The first-order valence-corrected chi connectivity index (χ1v) is 6.27. The Morgan fingerprint density at radius 3 is 2.84 bits per heavy atom. The van der Waals surface area contributed by atoms with Crippen molar-refractivity contribution in [2.75, 3.05) is 7.11 Å². The fourth-order valence-corrected chi connectivity index (χ4v) is 1.95. The Kier molecular flexibility index (Phi) is 4.29. The van der Waals surface area contributed by atoms with Crippen molar-refractivity contribution in [1.29, 1.82) is 0 Å². The lowest BCUT2D eigenvalue weighted by molar-refractivity contribution is 0.0982. The zero-order valence-electron chi connectivity index (χ0n) is 11.2. The van der Waals surface area contributed by atoms with Gasteiger partial charge in [-0.25, -0.2) is 0 Å². The number of rotatable bonds is 5. The fourth-order valence-electron chi connectivity index (χ4n) is 1.95. The topological polar surface area (TPSA) is 39.2 Å². The summed E-state index contributed by atoms with van der Waals surface area (Å²) in [6.07, 6.45) is 4.41. The van der Waals surface area contributed by atoms with Crippen molar-refractivity contribution in [3.63, 3.8) is 0 Å². The normalized spacial score (nSPS) is 10.2. The third kappa shape index (κ3) is 3.65. The molecule has 2 aromatic rings. The van der Waals surface area contributed by atoms with E-state index in [4.69, 9.17) is 4.74 Å². The zero-order valence-corrected chi connectivity index (χ0v) is 11.2. The molecule has 0 aliphatic heterocycles. The lowest BCUT2D eigenvalue weighted by atomic mass is 10.0. The number of benzene rings is 1. The van der Waals surface area contributed by atoms with Crippen LogP contribution in [0, 0.1) is 6.92 Å². The zero-order chi connectivity index (χ0) is 13.7. The summed E-state index contributed by atoms with van der Waals surface area (Å²) in [4.78, 5) is 16.1. The highest BCUT2D eigenvalue weighted by Crippen LogP contribution is 2.14. The molecule has 0 amide bonds. The molecule has 0 saturated carbocycles. The van der Waals surface area contributed by atoms with Crippen molar-refractivity contribution >= 4 is 5.78 Å². The van der Waals surface area contributed by atoms with Crippen LogP contribution in [0.5, 0.6) is 5.75 Å². The average molecular weight is 255 g/mol. The number of hydrogen-bond donors (Lipinski definition) is 0. The van der Waals surface area contributed by atoms with Crippen LogP contribution in [-0.4, -0.2) is 17.9 Å². The number of hydrogen-bond acceptors (Lipinski definition) is 3. The van der Waals surface area contributed by atoms with Gasteiger partial charge in [0.2, 0.25) is 0 Å². The summed E-state index contributed by atoms with van der Waals surface area (Å²) in [7, 11) is 1.57. The molecule has 0 bridgehead atoms. The van der Waals surface area contributed by atoms with Crippen molar-refractivity contribution in [2.45, 2.75) is 19.8 Å². The van der Waals surface area contributed by atoms with Gasteiger partial charge in [-0.2, -0.15) is 0 Å². The van der Waals surface area contributed by atoms with Crippen molar-refractivity contribution in [2.24, 2.45) is 0 Å². The lowest BCUT2D eigenvalue weighted by Crippen LogP contribution is -2.02. The first-order chi connectivity index (χ1) is 9.19. The summed E-state index contributed by atoms with van der Waals surface area (Å²) >= 11 is 0. The lowest BCUT2D eigenvalue weighted by Gasteiger charge is -2.04. The van der Waals surface area contributed by atoms with E-state index < -0.39 is 0 Å². The van der Waals surface area contributed by atoms with Gasteiger partial charge in [0.15, 0.2) is 5.78 Å². The maximum absolute atomic E-state index is 12.1. The molecule has 98 valence electrons. The Labute approximate surface area is 113 Å². The summed E-state index contributed by atoms with van der Waals surface area (Å²) in [6, 6.07) is 9.95. The van der Waals surface area contributed by atoms with Gasteiger partial charge in [-0.05, 0) is 25.0 Å². The monoisotopic (exact) mass is 255 g/mol. The van der Waals surface area contributed by atoms with Crippen LogP contribution in [0.3, 0.4) is 0 Å². The first-order valence-electron chi connectivity index (χ1n) is 6.27. The molecule has 0 atom stereocenters. The molecular weight excluding hydrogens is 238 g/mol. The first kappa shape index (κ1) is 13.3. The van der Waals surface area contributed by atoms with Gasteiger partial charge in [0.25, 0.3) is 0 Å². The molecule has 0 saturated heterocycles. The molecule has 1 aromatic heterocycles. The van der Waals surface area contributed by atoms with Crippen LogP contribution >= 0.6 is 0 Å².